The minimum atomic E-state index is -0.389. The lowest BCUT2D eigenvalue weighted by Crippen LogP contribution is -2.14. The Morgan fingerprint density at radius 2 is 2.20 bits per heavy atom. The van der Waals surface area contributed by atoms with Crippen molar-refractivity contribution in [3.63, 3.8) is 0 Å². The normalized spacial score (nSPS) is 10.9. The lowest BCUT2D eigenvalue weighted by atomic mass is 10.2. The van der Waals surface area contributed by atoms with Gasteiger partial charge in [0.05, 0.1) is 34.3 Å². The number of hydrogen-bond donors (Lipinski definition) is 2. The maximum absolute atomic E-state index is 13.2. The van der Waals surface area contributed by atoms with Gasteiger partial charge in [-0.1, -0.05) is 17.7 Å². The van der Waals surface area contributed by atoms with Crippen molar-refractivity contribution >= 4 is 39.1 Å². The molecule has 0 unspecified atom stereocenters. The Balaban J connectivity index is 1.86. The quantitative estimate of drug-likeness (QED) is 0.660. The number of nitrogens with one attached hydrogen (secondary N) is 2. The van der Waals surface area contributed by atoms with Crippen LogP contribution in [0.2, 0.25) is 5.02 Å². The zero-order chi connectivity index (χ0) is 18.1. The van der Waals surface area contributed by atoms with E-state index in [9.17, 15) is 9.18 Å². The van der Waals surface area contributed by atoms with Gasteiger partial charge in [0.1, 0.15) is 11.5 Å². The van der Waals surface area contributed by atoms with Crippen molar-refractivity contribution in [3.05, 3.63) is 62.4 Å². The molecule has 0 radical (unpaired) electrons. The highest BCUT2D eigenvalue weighted by Crippen LogP contribution is 2.24. The summed E-state index contributed by atoms with van der Waals surface area (Å²) in [6, 6.07) is 4.24. The zero-order valence-corrected chi connectivity index (χ0v) is 15.7. The standard InChI is InChI=1S/C16H14BrClFN5O/c1-8-14(21-16(25)15-12(17)6-20-22-15)9(2)24(23-8)7-10-3-4-11(19)5-13(10)18/h3-6H,7H2,1-2H3,(H,20,22)(H,21,25). The molecule has 2 aromatic heterocycles. The summed E-state index contributed by atoms with van der Waals surface area (Å²) in [5, 5.41) is 14.0. The van der Waals surface area contributed by atoms with Gasteiger partial charge in [-0.3, -0.25) is 14.6 Å². The fraction of sp³-hybridized carbons (Fsp3) is 0.188. The van der Waals surface area contributed by atoms with Crippen molar-refractivity contribution < 1.29 is 9.18 Å². The lowest BCUT2D eigenvalue weighted by Gasteiger charge is -2.08. The first kappa shape index (κ1) is 17.6. The fourth-order valence-corrected chi connectivity index (χ4v) is 3.05. The number of H-pyrrole nitrogens is 1. The van der Waals surface area contributed by atoms with Crippen LogP contribution in [0.15, 0.2) is 28.9 Å². The molecule has 2 heterocycles. The first-order chi connectivity index (χ1) is 11.9. The molecule has 0 bridgehead atoms. The summed E-state index contributed by atoms with van der Waals surface area (Å²) >= 11 is 9.34. The van der Waals surface area contributed by atoms with Crippen molar-refractivity contribution in [2.24, 2.45) is 0 Å². The van der Waals surface area contributed by atoms with E-state index in [4.69, 9.17) is 11.6 Å². The Bertz CT molecular complexity index is 952. The summed E-state index contributed by atoms with van der Waals surface area (Å²) < 4.78 is 15.5. The molecular weight excluding hydrogens is 413 g/mol. The zero-order valence-electron chi connectivity index (χ0n) is 13.4. The van der Waals surface area contributed by atoms with E-state index in [0.717, 1.165) is 11.3 Å². The fourth-order valence-electron chi connectivity index (χ4n) is 2.45. The number of aromatic amines is 1. The molecule has 0 saturated heterocycles. The van der Waals surface area contributed by atoms with E-state index < -0.39 is 0 Å². The van der Waals surface area contributed by atoms with Crippen LogP contribution in [0.1, 0.15) is 27.4 Å². The number of anilines is 1. The molecule has 25 heavy (non-hydrogen) atoms. The van der Waals surface area contributed by atoms with E-state index in [2.05, 4.69) is 36.5 Å². The van der Waals surface area contributed by atoms with E-state index in [1.807, 2.05) is 6.92 Å². The second-order valence-electron chi connectivity index (χ2n) is 5.49. The number of rotatable bonds is 4. The Morgan fingerprint density at radius 1 is 1.44 bits per heavy atom. The number of nitrogens with zero attached hydrogens (tertiary/aromatic N) is 3. The Hall–Kier alpha value is -2.19. The van der Waals surface area contributed by atoms with E-state index >= 15 is 0 Å². The largest absolute Gasteiger partial charge is 0.317 e. The van der Waals surface area contributed by atoms with Crippen molar-refractivity contribution in [2.75, 3.05) is 5.32 Å². The van der Waals surface area contributed by atoms with Crippen LogP contribution in [0.25, 0.3) is 0 Å². The van der Waals surface area contributed by atoms with Gasteiger partial charge in [0, 0.05) is 5.02 Å². The summed E-state index contributed by atoms with van der Waals surface area (Å²) in [5.41, 5.74) is 3.11. The van der Waals surface area contributed by atoms with Gasteiger partial charge in [-0.05, 0) is 47.5 Å². The number of aryl methyl sites for hydroxylation is 1. The van der Waals surface area contributed by atoms with Crippen molar-refractivity contribution in [2.45, 2.75) is 20.4 Å². The Labute approximate surface area is 156 Å². The third kappa shape index (κ3) is 3.59. The number of carbonyl (C=O) groups is 1. The molecular formula is C16H14BrClFN5O. The SMILES string of the molecule is Cc1nn(Cc2ccc(F)cc2Cl)c(C)c1NC(=O)c1[nH]ncc1Br. The van der Waals surface area contributed by atoms with Crippen LogP contribution in [0, 0.1) is 19.7 Å². The van der Waals surface area contributed by atoms with E-state index in [-0.39, 0.29) is 11.7 Å². The summed E-state index contributed by atoms with van der Waals surface area (Å²) in [7, 11) is 0. The van der Waals surface area contributed by atoms with E-state index in [1.54, 1.807) is 17.7 Å². The van der Waals surface area contributed by atoms with Gasteiger partial charge in [0.15, 0.2) is 0 Å². The van der Waals surface area contributed by atoms with Crippen molar-refractivity contribution in [1.82, 2.24) is 20.0 Å². The molecule has 2 N–H and O–H groups in total. The number of carbonyl (C=O) groups excluding carboxylic acids is 1. The first-order valence-electron chi connectivity index (χ1n) is 7.35. The number of halogens is 3. The second kappa shape index (κ2) is 6.97. The third-order valence-corrected chi connectivity index (χ3v) is 4.73. The molecule has 1 amide bonds. The van der Waals surface area contributed by atoms with Crippen LogP contribution >= 0.6 is 27.5 Å². The molecule has 0 saturated carbocycles. The monoisotopic (exact) mass is 425 g/mol. The first-order valence-corrected chi connectivity index (χ1v) is 8.52. The predicted molar refractivity (Wildman–Crippen MR) is 96.5 cm³/mol. The smallest absolute Gasteiger partial charge is 0.274 e. The molecule has 0 atom stereocenters. The second-order valence-corrected chi connectivity index (χ2v) is 6.75. The molecule has 0 spiro atoms. The van der Waals surface area contributed by atoms with Crippen LogP contribution in [0.3, 0.4) is 0 Å². The van der Waals surface area contributed by atoms with Crippen LogP contribution in [-0.4, -0.2) is 25.9 Å². The third-order valence-electron chi connectivity index (χ3n) is 3.78. The Kier molecular flexibility index (Phi) is 4.91. The maximum atomic E-state index is 13.2. The van der Waals surface area contributed by atoms with Crippen LogP contribution in [0.4, 0.5) is 10.1 Å². The van der Waals surface area contributed by atoms with Gasteiger partial charge in [-0.2, -0.15) is 10.2 Å². The number of benzene rings is 1. The summed E-state index contributed by atoms with van der Waals surface area (Å²) in [6.07, 6.45) is 1.51. The highest BCUT2D eigenvalue weighted by Gasteiger charge is 2.18. The molecule has 0 aliphatic rings. The summed E-state index contributed by atoms with van der Waals surface area (Å²) in [5.74, 6) is -0.713. The van der Waals surface area contributed by atoms with E-state index in [1.165, 1.54) is 18.3 Å². The van der Waals surface area contributed by atoms with Crippen molar-refractivity contribution in [1.29, 1.82) is 0 Å². The number of aromatic nitrogens is 4. The minimum Gasteiger partial charge on any atom is -0.317 e. The predicted octanol–water partition coefficient (Wildman–Crippen LogP) is 4.08. The maximum Gasteiger partial charge on any atom is 0.274 e. The van der Waals surface area contributed by atoms with Gasteiger partial charge < -0.3 is 5.32 Å². The molecule has 0 fully saturated rings. The molecule has 9 heteroatoms. The summed E-state index contributed by atoms with van der Waals surface area (Å²) in [4.78, 5) is 12.3. The topological polar surface area (TPSA) is 75.6 Å². The summed E-state index contributed by atoms with van der Waals surface area (Å²) in [6.45, 7) is 4.01. The van der Waals surface area contributed by atoms with Gasteiger partial charge in [0.2, 0.25) is 0 Å². The van der Waals surface area contributed by atoms with Crippen LogP contribution in [0.5, 0.6) is 0 Å². The minimum absolute atomic E-state index is 0.324. The molecule has 1 aromatic carbocycles. The molecule has 3 aromatic rings. The van der Waals surface area contributed by atoms with E-state index in [0.29, 0.717) is 33.1 Å². The van der Waals surface area contributed by atoms with Crippen LogP contribution in [-0.2, 0) is 6.54 Å². The lowest BCUT2D eigenvalue weighted by molar-refractivity contribution is 0.102. The number of amides is 1. The molecule has 0 aliphatic carbocycles. The molecule has 3 rings (SSSR count). The average Bonchev–Trinajstić information content (AvgIpc) is 3.09. The number of hydrogen-bond acceptors (Lipinski definition) is 3. The Morgan fingerprint density at radius 3 is 2.84 bits per heavy atom. The average molecular weight is 427 g/mol. The van der Waals surface area contributed by atoms with Crippen LogP contribution < -0.4 is 5.32 Å². The van der Waals surface area contributed by atoms with Gasteiger partial charge in [-0.25, -0.2) is 4.39 Å². The highest BCUT2D eigenvalue weighted by atomic mass is 79.9. The van der Waals surface area contributed by atoms with Gasteiger partial charge in [-0.15, -0.1) is 0 Å². The van der Waals surface area contributed by atoms with Gasteiger partial charge >= 0.3 is 0 Å². The molecule has 130 valence electrons. The molecule has 0 aliphatic heterocycles. The highest BCUT2D eigenvalue weighted by molar-refractivity contribution is 9.10. The molecule has 6 nitrogen and oxygen atoms in total. The van der Waals surface area contributed by atoms with Crippen molar-refractivity contribution in [3.8, 4) is 0 Å². The van der Waals surface area contributed by atoms with Gasteiger partial charge in [0.25, 0.3) is 5.91 Å².